The molecule has 1 N–H and O–H groups in total. The molecule has 1 nitrogen and oxygen atoms in total. The van der Waals surface area contributed by atoms with Gasteiger partial charge in [0, 0.05) is 18.2 Å². The van der Waals surface area contributed by atoms with Crippen molar-refractivity contribution < 1.29 is 8.78 Å². The summed E-state index contributed by atoms with van der Waals surface area (Å²) in [6, 6.07) is 11.9. The van der Waals surface area contributed by atoms with E-state index in [-0.39, 0.29) is 11.9 Å². The van der Waals surface area contributed by atoms with Crippen molar-refractivity contribution in [3.63, 3.8) is 0 Å². The van der Waals surface area contributed by atoms with Gasteiger partial charge in [0.05, 0.1) is 0 Å². The first kappa shape index (κ1) is 14.7. The van der Waals surface area contributed by atoms with Crippen molar-refractivity contribution in [2.24, 2.45) is 0 Å². The number of hydrogen-bond acceptors (Lipinski definition) is 1. The van der Waals surface area contributed by atoms with Crippen LogP contribution in [0.2, 0.25) is 0 Å². The first-order valence-corrected chi connectivity index (χ1v) is 6.84. The van der Waals surface area contributed by atoms with Crippen LogP contribution in [0.4, 0.5) is 8.78 Å². The van der Waals surface area contributed by atoms with E-state index in [4.69, 9.17) is 0 Å². The van der Waals surface area contributed by atoms with Gasteiger partial charge in [-0.15, -0.1) is 0 Å². The Balaban J connectivity index is 2.07. The third-order valence-electron chi connectivity index (χ3n) is 3.43. The van der Waals surface area contributed by atoms with E-state index < -0.39 is 5.82 Å². The maximum atomic E-state index is 13.6. The first-order chi connectivity index (χ1) is 9.60. The van der Waals surface area contributed by atoms with E-state index in [0.717, 1.165) is 18.1 Å². The summed E-state index contributed by atoms with van der Waals surface area (Å²) in [7, 11) is 0. The molecule has 20 heavy (non-hydrogen) atoms. The molecule has 0 aliphatic heterocycles. The third-order valence-corrected chi connectivity index (χ3v) is 3.43. The molecule has 2 rings (SSSR count). The van der Waals surface area contributed by atoms with E-state index in [1.807, 2.05) is 6.92 Å². The van der Waals surface area contributed by atoms with Crippen LogP contribution in [-0.4, -0.2) is 0 Å². The summed E-state index contributed by atoms with van der Waals surface area (Å²) in [5.74, 6) is -0.788. The van der Waals surface area contributed by atoms with E-state index in [0.29, 0.717) is 12.1 Å². The standard InChI is InChI=1S/C17H19F2N/c1-3-17(13-6-4-12(2)5-7-13)20-11-14-10-15(18)8-9-16(14)19/h4-10,17,20H,3,11H2,1-2H3. The second-order valence-electron chi connectivity index (χ2n) is 4.99. The second-order valence-corrected chi connectivity index (χ2v) is 4.99. The van der Waals surface area contributed by atoms with Crippen LogP contribution >= 0.6 is 0 Å². The minimum Gasteiger partial charge on any atom is -0.306 e. The fourth-order valence-electron chi connectivity index (χ4n) is 2.21. The molecule has 0 aliphatic carbocycles. The zero-order valence-electron chi connectivity index (χ0n) is 11.8. The highest BCUT2D eigenvalue weighted by atomic mass is 19.1. The van der Waals surface area contributed by atoms with Crippen molar-refractivity contribution in [3.8, 4) is 0 Å². The maximum absolute atomic E-state index is 13.6. The van der Waals surface area contributed by atoms with Gasteiger partial charge in [-0.1, -0.05) is 36.8 Å². The van der Waals surface area contributed by atoms with Gasteiger partial charge in [-0.25, -0.2) is 8.78 Å². The zero-order chi connectivity index (χ0) is 14.5. The van der Waals surface area contributed by atoms with E-state index in [2.05, 4.69) is 36.5 Å². The highest BCUT2D eigenvalue weighted by Crippen LogP contribution is 2.18. The molecule has 0 amide bonds. The quantitative estimate of drug-likeness (QED) is 0.846. The molecule has 0 aromatic heterocycles. The molecule has 2 aromatic rings. The van der Waals surface area contributed by atoms with E-state index >= 15 is 0 Å². The number of rotatable bonds is 5. The molecule has 0 saturated heterocycles. The van der Waals surface area contributed by atoms with Gasteiger partial charge in [0.1, 0.15) is 11.6 Å². The summed E-state index contributed by atoms with van der Waals surface area (Å²) < 4.78 is 26.7. The molecule has 106 valence electrons. The molecule has 0 spiro atoms. The summed E-state index contributed by atoms with van der Waals surface area (Å²) in [6.07, 6.45) is 0.889. The van der Waals surface area contributed by atoms with Gasteiger partial charge in [-0.05, 0) is 37.1 Å². The SMILES string of the molecule is CCC(NCc1cc(F)ccc1F)c1ccc(C)cc1. The molecule has 3 heteroatoms. The fraction of sp³-hybridized carbons (Fsp3) is 0.294. The summed E-state index contributed by atoms with van der Waals surface area (Å²) in [6.45, 7) is 4.43. The average molecular weight is 275 g/mol. The topological polar surface area (TPSA) is 12.0 Å². The second kappa shape index (κ2) is 6.62. The van der Waals surface area contributed by atoms with Crippen molar-refractivity contribution >= 4 is 0 Å². The van der Waals surface area contributed by atoms with Gasteiger partial charge in [-0.3, -0.25) is 0 Å². The number of nitrogens with one attached hydrogen (secondary N) is 1. The van der Waals surface area contributed by atoms with Crippen LogP contribution in [-0.2, 0) is 6.54 Å². The summed E-state index contributed by atoms with van der Waals surface area (Å²) >= 11 is 0. The largest absolute Gasteiger partial charge is 0.306 e. The Morgan fingerprint density at radius 2 is 1.75 bits per heavy atom. The molecule has 0 heterocycles. The minimum atomic E-state index is -0.411. The van der Waals surface area contributed by atoms with Crippen LogP contribution in [0.1, 0.15) is 36.1 Å². The Bertz CT molecular complexity index is 564. The summed E-state index contributed by atoms with van der Waals surface area (Å²) in [5.41, 5.74) is 2.73. The van der Waals surface area contributed by atoms with Gasteiger partial charge in [0.2, 0.25) is 0 Å². The first-order valence-electron chi connectivity index (χ1n) is 6.84. The molecule has 0 bridgehead atoms. The molecular formula is C17H19F2N. The Hall–Kier alpha value is -1.74. The molecule has 2 aromatic carbocycles. The minimum absolute atomic E-state index is 0.137. The van der Waals surface area contributed by atoms with Gasteiger partial charge in [-0.2, -0.15) is 0 Å². The highest BCUT2D eigenvalue weighted by molar-refractivity contribution is 5.25. The number of benzene rings is 2. The van der Waals surface area contributed by atoms with Crippen molar-refractivity contribution in [2.75, 3.05) is 0 Å². The lowest BCUT2D eigenvalue weighted by Gasteiger charge is -2.18. The molecule has 0 saturated carbocycles. The Kier molecular flexibility index (Phi) is 4.85. The molecule has 1 unspecified atom stereocenters. The lowest BCUT2D eigenvalue weighted by molar-refractivity contribution is 0.500. The summed E-state index contributed by atoms with van der Waals surface area (Å²) in [4.78, 5) is 0. The van der Waals surface area contributed by atoms with Crippen LogP contribution in [0.5, 0.6) is 0 Å². The Morgan fingerprint density at radius 1 is 1.05 bits per heavy atom. The smallest absolute Gasteiger partial charge is 0.127 e. The van der Waals surface area contributed by atoms with Gasteiger partial charge in [0.25, 0.3) is 0 Å². The number of halogens is 2. The average Bonchev–Trinajstić information content (AvgIpc) is 2.45. The molecule has 0 fully saturated rings. The number of hydrogen-bond donors (Lipinski definition) is 1. The van der Waals surface area contributed by atoms with Crippen molar-refractivity contribution in [2.45, 2.75) is 32.9 Å². The molecule has 0 aliphatic rings. The van der Waals surface area contributed by atoms with Crippen molar-refractivity contribution in [1.29, 1.82) is 0 Å². The normalized spacial score (nSPS) is 12.4. The Labute approximate surface area is 118 Å². The van der Waals surface area contributed by atoms with Crippen molar-refractivity contribution in [1.82, 2.24) is 5.32 Å². The predicted octanol–water partition coefficient (Wildman–Crippen LogP) is 4.51. The van der Waals surface area contributed by atoms with E-state index in [9.17, 15) is 8.78 Å². The monoisotopic (exact) mass is 275 g/mol. The Morgan fingerprint density at radius 3 is 2.40 bits per heavy atom. The van der Waals surface area contributed by atoms with Gasteiger partial charge >= 0.3 is 0 Å². The van der Waals surface area contributed by atoms with Crippen LogP contribution in [0.15, 0.2) is 42.5 Å². The zero-order valence-corrected chi connectivity index (χ0v) is 11.8. The molecule has 1 atom stereocenters. The maximum Gasteiger partial charge on any atom is 0.127 e. The van der Waals surface area contributed by atoms with Crippen LogP contribution in [0.3, 0.4) is 0 Å². The fourth-order valence-corrected chi connectivity index (χ4v) is 2.21. The molecule has 0 radical (unpaired) electrons. The van der Waals surface area contributed by atoms with Crippen LogP contribution in [0.25, 0.3) is 0 Å². The van der Waals surface area contributed by atoms with Crippen LogP contribution in [0, 0.1) is 18.6 Å². The summed E-state index contributed by atoms with van der Waals surface area (Å²) in [5, 5.41) is 3.28. The van der Waals surface area contributed by atoms with Crippen LogP contribution < -0.4 is 5.32 Å². The van der Waals surface area contributed by atoms with E-state index in [1.165, 1.54) is 17.7 Å². The molecular weight excluding hydrogens is 256 g/mol. The highest BCUT2D eigenvalue weighted by Gasteiger charge is 2.10. The lowest BCUT2D eigenvalue weighted by atomic mass is 10.0. The van der Waals surface area contributed by atoms with E-state index in [1.54, 1.807) is 0 Å². The van der Waals surface area contributed by atoms with Gasteiger partial charge in [0.15, 0.2) is 0 Å². The number of aryl methyl sites for hydroxylation is 1. The van der Waals surface area contributed by atoms with Crippen molar-refractivity contribution in [3.05, 3.63) is 70.8 Å². The van der Waals surface area contributed by atoms with Gasteiger partial charge < -0.3 is 5.32 Å². The lowest BCUT2D eigenvalue weighted by Crippen LogP contribution is -2.21. The third kappa shape index (κ3) is 3.64. The predicted molar refractivity (Wildman–Crippen MR) is 77.4 cm³/mol.